The van der Waals surface area contributed by atoms with Crippen molar-refractivity contribution < 1.29 is 25.8 Å². The zero-order chi connectivity index (χ0) is 35.9. The quantitative estimate of drug-likeness (QED) is 0.158. The Morgan fingerprint density at radius 2 is 1.58 bits per heavy atom. The van der Waals surface area contributed by atoms with Crippen LogP contribution in [0.15, 0.2) is 79.0 Å². The van der Waals surface area contributed by atoms with E-state index in [0.29, 0.717) is 17.1 Å². The smallest absolute Gasteiger partial charge is 0.573 e. The number of hydrogen-bond acceptors (Lipinski definition) is 6. The van der Waals surface area contributed by atoms with E-state index in [-0.39, 0.29) is 71.8 Å². The number of aromatic nitrogens is 5. The zero-order valence-corrected chi connectivity index (χ0v) is 30.0. The molecule has 0 aliphatic heterocycles. The molecule has 0 saturated heterocycles. The average molecular weight is 854 g/mol. The molecule has 4 heterocycles. The second-order valence-corrected chi connectivity index (χ2v) is 12.4. The predicted octanol–water partition coefficient (Wildman–Crippen LogP) is 9.54. The van der Waals surface area contributed by atoms with Crippen LogP contribution >= 0.6 is 0 Å². The van der Waals surface area contributed by atoms with Gasteiger partial charge in [-0.15, -0.1) is 17.5 Å². The summed E-state index contributed by atoms with van der Waals surface area (Å²) < 4.78 is 8.31. The van der Waals surface area contributed by atoms with Crippen molar-refractivity contribution in [1.29, 1.82) is 10.5 Å². The molecule has 0 radical (unpaired) electrons. The SMILES string of the molecule is [C-]#[N+]c1c(C#N)c(C#N)c(-c2cc(-c3cccc(Oc4[c-]c5c(cc4)c4ccccc4n5-c4cc(C(C)(C)C)ccn4)n3)[n-]n2)c([N+]#[C-])c1[N+]#[C-].[Pt+2]. The van der Waals surface area contributed by atoms with Crippen molar-refractivity contribution in [3.8, 4) is 52.2 Å². The summed E-state index contributed by atoms with van der Waals surface area (Å²) in [5.41, 5.74) is 2.20. The predicted molar refractivity (Wildman–Crippen MR) is 191 cm³/mol. The standard InChI is InChI=1S/C40H22N10O.Pt/c1-40(2,3)23-16-17-46-34(18-23)50-32-12-8-7-10-25(32)26-15-14-24(19-33(26)50)51-35-13-9-11-29(47-35)30-20-31(49-48-30)36-27(21-41)28(22-42)37(43-4)39(45-6)38(36)44-5;/h7-18,20H,1-3H3;/q-2;+2. The van der Waals surface area contributed by atoms with Crippen LogP contribution in [0.3, 0.4) is 0 Å². The summed E-state index contributed by atoms with van der Waals surface area (Å²) in [7, 11) is 0. The molecule has 0 aliphatic rings. The number of nitriles is 2. The van der Waals surface area contributed by atoms with E-state index in [1.165, 1.54) is 6.07 Å². The van der Waals surface area contributed by atoms with Crippen molar-refractivity contribution in [2.45, 2.75) is 26.2 Å². The number of ether oxygens (including phenoxy) is 1. The van der Waals surface area contributed by atoms with E-state index in [0.717, 1.165) is 33.2 Å². The van der Waals surface area contributed by atoms with Gasteiger partial charge in [-0.2, -0.15) is 16.6 Å². The van der Waals surface area contributed by atoms with Crippen molar-refractivity contribution >= 4 is 38.9 Å². The van der Waals surface area contributed by atoms with Gasteiger partial charge >= 0.3 is 21.1 Å². The summed E-state index contributed by atoms with van der Waals surface area (Å²) in [5, 5.41) is 30.2. The van der Waals surface area contributed by atoms with Crippen LogP contribution in [0.25, 0.3) is 64.8 Å². The van der Waals surface area contributed by atoms with Crippen LogP contribution in [0.2, 0.25) is 0 Å². The van der Waals surface area contributed by atoms with Crippen LogP contribution in [-0.4, -0.2) is 19.6 Å². The van der Waals surface area contributed by atoms with Gasteiger partial charge in [0.2, 0.25) is 17.3 Å². The van der Waals surface area contributed by atoms with Gasteiger partial charge in [0.15, 0.2) is 5.69 Å². The van der Waals surface area contributed by atoms with Crippen LogP contribution in [-0.2, 0) is 26.5 Å². The molecule has 7 rings (SSSR count). The number of para-hydroxylation sites is 1. The summed E-state index contributed by atoms with van der Waals surface area (Å²) in [4.78, 5) is 19.4. The van der Waals surface area contributed by atoms with E-state index in [1.807, 2.05) is 48.7 Å². The normalized spacial score (nSPS) is 10.7. The Labute approximate surface area is 313 Å². The fraction of sp³-hybridized carbons (Fsp3) is 0.100. The third-order valence-corrected chi connectivity index (χ3v) is 8.37. The fourth-order valence-corrected chi connectivity index (χ4v) is 5.95. The summed E-state index contributed by atoms with van der Waals surface area (Å²) in [6.45, 7) is 29.3. The average Bonchev–Trinajstić information content (AvgIpc) is 3.76. The zero-order valence-electron chi connectivity index (χ0n) is 27.7. The summed E-state index contributed by atoms with van der Waals surface area (Å²) >= 11 is 0. The Hall–Kier alpha value is -7.09. The molecule has 0 unspecified atom stereocenters. The van der Waals surface area contributed by atoms with Crippen molar-refractivity contribution in [2.75, 3.05) is 0 Å². The Balaban J connectivity index is 0.00000464. The molecular weight excluding hydrogens is 832 g/mol. The Bertz CT molecular complexity index is 2740. The third kappa shape index (κ3) is 5.81. The molecule has 0 bridgehead atoms. The minimum atomic E-state index is -0.338. The molecule has 11 nitrogen and oxygen atoms in total. The number of nitrogens with zero attached hydrogens (tertiary/aromatic N) is 10. The van der Waals surface area contributed by atoms with Gasteiger partial charge in [-0.1, -0.05) is 62.3 Å². The minimum Gasteiger partial charge on any atom is -0.573 e. The molecule has 0 fully saturated rings. The second-order valence-electron chi connectivity index (χ2n) is 12.4. The molecule has 0 aliphatic carbocycles. The molecule has 7 aromatic rings. The summed E-state index contributed by atoms with van der Waals surface area (Å²) in [6, 6.07) is 29.9. The van der Waals surface area contributed by atoms with E-state index in [4.69, 9.17) is 29.4 Å². The van der Waals surface area contributed by atoms with Gasteiger partial charge in [-0.3, -0.25) is 14.5 Å². The second kappa shape index (κ2) is 13.7. The van der Waals surface area contributed by atoms with E-state index >= 15 is 0 Å². The van der Waals surface area contributed by atoms with Crippen LogP contribution in [0.4, 0.5) is 17.1 Å². The third-order valence-electron chi connectivity index (χ3n) is 8.37. The van der Waals surface area contributed by atoms with E-state index < -0.39 is 0 Å². The van der Waals surface area contributed by atoms with Gasteiger partial charge < -0.3 is 19.5 Å². The fourth-order valence-electron chi connectivity index (χ4n) is 5.95. The van der Waals surface area contributed by atoms with Gasteiger partial charge in [0, 0.05) is 34.8 Å². The number of rotatable bonds is 5. The molecule has 12 heteroatoms. The molecule has 4 aromatic heterocycles. The van der Waals surface area contributed by atoms with Crippen LogP contribution in [0.1, 0.15) is 37.5 Å². The van der Waals surface area contributed by atoms with E-state index in [9.17, 15) is 10.5 Å². The maximum absolute atomic E-state index is 9.96. The molecule has 248 valence electrons. The van der Waals surface area contributed by atoms with Crippen LogP contribution < -0.4 is 9.84 Å². The maximum Gasteiger partial charge on any atom is 2.00 e. The first-order valence-corrected chi connectivity index (χ1v) is 15.5. The Kier molecular flexibility index (Phi) is 9.14. The summed E-state index contributed by atoms with van der Waals surface area (Å²) in [6.07, 6.45) is 1.82. The molecule has 3 aromatic carbocycles. The summed E-state index contributed by atoms with van der Waals surface area (Å²) in [5.74, 6) is 1.45. The molecule has 52 heavy (non-hydrogen) atoms. The van der Waals surface area contributed by atoms with E-state index in [1.54, 1.807) is 18.2 Å². The monoisotopic (exact) mass is 853 g/mol. The number of hydrogen-bond donors (Lipinski definition) is 0. The van der Waals surface area contributed by atoms with Crippen molar-refractivity contribution in [3.05, 3.63) is 136 Å². The molecule has 0 amide bonds. The van der Waals surface area contributed by atoms with Gasteiger partial charge in [-0.05, 0) is 40.6 Å². The first-order chi connectivity index (χ1) is 24.7. The minimum absolute atomic E-state index is 0. The molecule has 0 spiro atoms. The van der Waals surface area contributed by atoms with Crippen molar-refractivity contribution in [3.63, 3.8) is 0 Å². The number of fused-ring (bicyclic) bond motifs is 3. The first kappa shape index (κ1) is 34.8. The Morgan fingerprint density at radius 1 is 0.827 bits per heavy atom. The van der Waals surface area contributed by atoms with Crippen LogP contribution in [0.5, 0.6) is 11.6 Å². The maximum atomic E-state index is 9.96. The topological polar surface area (TPSA) is 128 Å². The molecule has 0 saturated carbocycles. The largest absolute Gasteiger partial charge is 2.00 e. The van der Waals surface area contributed by atoms with Crippen molar-refractivity contribution in [1.82, 2.24) is 24.7 Å². The van der Waals surface area contributed by atoms with Gasteiger partial charge in [0.25, 0.3) is 0 Å². The number of pyridine rings is 2. The van der Waals surface area contributed by atoms with Gasteiger partial charge in [0.1, 0.15) is 5.82 Å². The first-order valence-electron chi connectivity index (χ1n) is 15.5. The molecule has 0 atom stereocenters. The Morgan fingerprint density at radius 3 is 2.29 bits per heavy atom. The van der Waals surface area contributed by atoms with Crippen LogP contribution in [0, 0.1) is 48.4 Å². The van der Waals surface area contributed by atoms with Gasteiger partial charge in [0.05, 0.1) is 48.7 Å². The van der Waals surface area contributed by atoms with Gasteiger partial charge in [-0.25, -0.2) is 9.97 Å². The van der Waals surface area contributed by atoms with E-state index in [2.05, 4.69) is 79.3 Å². The number of benzene rings is 3. The molecule has 0 N–H and O–H groups in total. The molecular formula is C40H22N10OPt. The van der Waals surface area contributed by atoms with Crippen molar-refractivity contribution in [2.24, 2.45) is 0 Å².